The highest BCUT2D eigenvalue weighted by molar-refractivity contribution is 6.13. The average molecular weight is 630 g/mol. The maximum atomic E-state index is 14.5. The first kappa shape index (κ1) is 30.3. The van der Waals surface area contributed by atoms with Crippen LogP contribution in [0.5, 0.6) is 11.5 Å². The highest BCUT2D eigenvalue weighted by Crippen LogP contribution is 2.40. The molecular weight excluding hydrogens is 598 g/mol. The predicted molar refractivity (Wildman–Crippen MR) is 188 cm³/mol. The summed E-state index contributed by atoms with van der Waals surface area (Å²) in [5.41, 5.74) is 4.00. The maximum absolute atomic E-state index is 14.5. The summed E-state index contributed by atoms with van der Waals surface area (Å²) in [5.74, 6) is -1.59. The van der Waals surface area contributed by atoms with Crippen molar-refractivity contribution in [2.75, 3.05) is 0 Å². The molecule has 7 rings (SSSR count). The second-order valence-electron chi connectivity index (χ2n) is 11.3. The van der Waals surface area contributed by atoms with E-state index >= 15 is 0 Å². The van der Waals surface area contributed by atoms with E-state index < -0.39 is 11.9 Å². The zero-order chi connectivity index (χ0) is 33.0. The number of aromatic hydroxyl groups is 1. The molecule has 7 heteroatoms. The third-order valence-electron chi connectivity index (χ3n) is 8.35. The van der Waals surface area contributed by atoms with Gasteiger partial charge in [0.2, 0.25) is 0 Å². The Morgan fingerprint density at radius 3 is 1.71 bits per heavy atom. The van der Waals surface area contributed by atoms with Crippen molar-refractivity contribution in [3.8, 4) is 34.0 Å². The molecular formula is C41H31N3O4. The van der Waals surface area contributed by atoms with Crippen LogP contribution in [-0.2, 0) is 0 Å². The quantitative estimate of drug-likeness (QED) is 0.163. The van der Waals surface area contributed by atoms with E-state index in [1.165, 1.54) is 0 Å². The van der Waals surface area contributed by atoms with Crippen molar-refractivity contribution >= 4 is 33.7 Å². The van der Waals surface area contributed by atoms with Crippen molar-refractivity contribution < 1.29 is 19.4 Å². The number of para-hydroxylation sites is 2. The fourth-order valence-electron chi connectivity index (χ4n) is 6.00. The second-order valence-corrected chi connectivity index (χ2v) is 11.3. The van der Waals surface area contributed by atoms with E-state index in [-0.39, 0.29) is 34.4 Å². The molecule has 2 N–H and O–H groups in total. The molecule has 7 nitrogen and oxygen atoms in total. The number of fused-ring (bicyclic) bond motifs is 2. The molecule has 0 aliphatic heterocycles. The lowest BCUT2D eigenvalue weighted by molar-refractivity contribution is 0.0731. The molecule has 0 spiro atoms. The molecule has 0 fully saturated rings. The number of carbonyl (C=O) groups is 2. The molecule has 234 valence electrons. The number of pyridine rings is 2. The normalized spacial score (nSPS) is 11.7. The lowest BCUT2D eigenvalue weighted by Gasteiger charge is -2.21. The number of hydrogen-bond acceptors (Lipinski definition) is 6. The van der Waals surface area contributed by atoms with Gasteiger partial charge in [-0.15, -0.1) is 0 Å². The highest BCUT2D eigenvalue weighted by Gasteiger charge is 2.29. The van der Waals surface area contributed by atoms with Gasteiger partial charge in [-0.2, -0.15) is 0 Å². The van der Waals surface area contributed by atoms with Crippen LogP contribution in [0.2, 0.25) is 0 Å². The molecule has 7 aromatic rings. The number of aromatic nitrogens is 2. The summed E-state index contributed by atoms with van der Waals surface area (Å²) in [7, 11) is 0. The Morgan fingerprint density at radius 1 is 0.646 bits per heavy atom. The SMILES string of the molecule is CC[C@H](NC(=O)c1c(OC(=O)c2c(O)c(-c3ccccc3)nc3ccccc23)c(-c2ccccc2)nc2ccccc12)c1ccccc1. The number of nitrogens with zero attached hydrogens (tertiary/aromatic N) is 2. The monoisotopic (exact) mass is 629 g/mol. The molecule has 0 unspecified atom stereocenters. The van der Waals surface area contributed by atoms with Gasteiger partial charge in [-0.1, -0.05) is 134 Å². The van der Waals surface area contributed by atoms with Crippen molar-refractivity contribution in [1.82, 2.24) is 15.3 Å². The Labute approximate surface area is 277 Å². The minimum absolute atomic E-state index is 0.00753. The Kier molecular flexibility index (Phi) is 8.33. The zero-order valence-electron chi connectivity index (χ0n) is 26.1. The van der Waals surface area contributed by atoms with E-state index in [0.717, 1.165) is 5.56 Å². The van der Waals surface area contributed by atoms with Gasteiger partial charge in [0.05, 0.1) is 22.6 Å². The number of rotatable bonds is 8. The Balaban J connectivity index is 1.43. The minimum atomic E-state index is -0.846. The summed E-state index contributed by atoms with van der Waals surface area (Å²) in [5, 5.41) is 15.8. The van der Waals surface area contributed by atoms with Crippen LogP contribution in [0.15, 0.2) is 140 Å². The molecule has 0 aliphatic rings. The fraction of sp³-hybridized carbons (Fsp3) is 0.0732. The van der Waals surface area contributed by atoms with E-state index in [9.17, 15) is 14.7 Å². The van der Waals surface area contributed by atoms with Gasteiger partial charge >= 0.3 is 5.97 Å². The first-order valence-electron chi connectivity index (χ1n) is 15.8. The first-order chi connectivity index (χ1) is 23.5. The Hall–Kier alpha value is -6.34. The molecule has 48 heavy (non-hydrogen) atoms. The van der Waals surface area contributed by atoms with Crippen molar-refractivity contribution in [1.29, 1.82) is 0 Å². The van der Waals surface area contributed by atoms with Crippen LogP contribution >= 0.6 is 0 Å². The Bertz CT molecular complexity index is 2270. The number of ether oxygens (including phenoxy) is 1. The Morgan fingerprint density at radius 2 is 1.12 bits per heavy atom. The molecule has 0 aliphatic carbocycles. The molecule has 1 atom stereocenters. The molecule has 2 heterocycles. The molecule has 0 bridgehead atoms. The van der Waals surface area contributed by atoms with E-state index in [4.69, 9.17) is 9.72 Å². The molecule has 0 saturated carbocycles. The van der Waals surface area contributed by atoms with Crippen molar-refractivity contribution in [3.05, 3.63) is 156 Å². The van der Waals surface area contributed by atoms with Crippen molar-refractivity contribution in [2.45, 2.75) is 19.4 Å². The van der Waals surface area contributed by atoms with Gasteiger partial charge in [-0.3, -0.25) is 4.79 Å². The number of esters is 1. The molecule has 1 amide bonds. The van der Waals surface area contributed by atoms with Gasteiger partial charge in [0.1, 0.15) is 17.0 Å². The van der Waals surface area contributed by atoms with E-state index in [2.05, 4.69) is 10.3 Å². The number of amides is 1. The van der Waals surface area contributed by atoms with Gasteiger partial charge in [0.15, 0.2) is 11.5 Å². The van der Waals surface area contributed by atoms with E-state index in [1.807, 2.05) is 122 Å². The number of carbonyl (C=O) groups excluding carboxylic acids is 2. The van der Waals surface area contributed by atoms with Crippen LogP contribution in [0.1, 0.15) is 45.7 Å². The van der Waals surface area contributed by atoms with E-state index in [1.54, 1.807) is 24.3 Å². The lowest BCUT2D eigenvalue weighted by atomic mass is 9.99. The fourth-order valence-corrected chi connectivity index (χ4v) is 6.00. The first-order valence-corrected chi connectivity index (χ1v) is 15.8. The summed E-state index contributed by atoms with van der Waals surface area (Å²) in [6, 6.07) is 42.2. The van der Waals surface area contributed by atoms with Crippen LogP contribution in [0.3, 0.4) is 0 Å². The van der Waals surface area contributed by atoms with E-state index in [0.29, 0.717) is 45.0 Å². The summed E-state index contributed by atoms with van der Waals surface area (Å²) in [6.45, 7) is 2.00. The maximum Gasteiger partial charge on any atom is 0.348 e. The third-order valence-corrected chi connectivity index (χ3v) is 8.35. The van der Waals surface area contributed by atoms with Gasteiger partial charge in [0.25, 0.3) is 5.91 Å². The van der Waals surface area contributed by atoms with Crippen molar-refractivity contribution in [2.24, 2.45) is 0 Å². The number of hydrogen-bond donors (Lipinski definition) is 2. The lowest BCUT2D eigenvalue weighted by Crippen LogP contribution is -2.29. The second kappa shape index (κ2) is 13.2. The minimum Gasteiger partial charge on any atom is -0.505 e. The standard InChI is InChI=1S/C41H31N3O4/c1-2-31(26-16-6-3-7-17-26)44-40(46)35-30-23-13-15-25-33(30)43-37(28-20-10-5-11-21-28)39(35)48-41(47)34-29-22-12-14-24-32(29)42-36(38(34)45)27-18-8-4-9-19-27/h3-25,31,45H,2H2,1H3,(H,44,46)/t31-/m0/s1. The van der Waals surface area contributed by atoms with Gasteiger partial charge in [-0.05, 0) is 24.1 Å². The summed E-state index contributed by atoms with van der Waals surface area (Å²) in [4.78, 5) is 38.5. The summed E-state index contributed by atoms with van der Waals surface area (Å²) in [6.07, 6.45) is 0.637. The molecule has 2 aromatic heterocycles. The van der Waals surface area contributed by atoms with Gasteiger partial charge in [-0.25, -0.2) is 14.8 Å². The van der Waals surface area contributed by atoms with Crippen LogP contribution in [0, 0.1) is 0 Å². The smallest absolute Gasteiger partial charge is 0.348 e. The number of benzene rings is 5. The highest BCUT2D eigenvalue weighted by atomic mass is 16.5. The summed E-state index contributed by atoms with van der Waals surface area (Å²) >= 11 is 0. The topological polar surface area (TPSA) is 101 Å². The van der Waals surface area contributed by atoms with Crippen molar-refractivity contribution in [3.63, 3.8) is 0 Å². The van der Waals surface area contributed by atoms with Crippen LogP contribution in [-0.4, -0.2) is 27.0 Å². The number of nitrogens with one attached hydrogen (secondary N) is 1. The molecule has 5 aromatic carbocycles. The average Bonchev–Trinajstić information content (AvgIpc) is 3.14. The third kappa shape index (κ3) is 5.74. The van der Waals surface area contributed by atoms with Crippen LogP contribution in [0.4, 0.5) is 0 Å². The molecule has 0 radical (unpaired) electrons. The van der Waals surface area contributed by atoms with Gasteiger partial charge < -0.3 is 15.2 Å². The van der Waals surface area contributed by atoms with Gasteiger partial charge in [0, 0.05) is 21.9 Å². The van der Waals surface area contributed by atoms with Crippen LogP contribution in [0.25, 0.3) is 44.3 Å². The summed E-state index contributed by atoms with van der Waals surface area (Å²) < 4.78 is 6.30. The molecule has 0 saturated heterocycles. The largest absolute Gasteiger partial charge is 0.505 e. The zero-order valence-corrected chi connectivity index (χ0v) is 26.1. The predicted octanol–water partition coefficient (Wildman–Crippen LogP) is 8.92. The van der Waals surface area contributed by atoms with Crippen LogP contribution < -0.4 is 10.1 Å².